The van der Waals surface area contributed by atoms with Gasteiger partial charge in [-0.15, -0.1) is 0 Å². The molecule has 0 bridgehead atoms. The van der Waals surface area contributed by atoms with Crippen LogP contribution in [0.15, 0.2) is 53.4 Å². The molecule has 0 spiro atoms. The lowest BCUT2D eigenvalue weighted by atomic mass is 10.2. The fourth-order valence-corrected chi connectivity index (χ4v) is 3.80. The van der Waals surface area contributed by atoms with E-state index in [0.29, 0.717) is 0 Å². The molecule has 0 aliphatic heterocycles. The number of amides is 1. The Labute approximate surface area is 171 Å². The van der Waals surface area contributed by atoms with Crippen LogP contribution in [0.4, 0.5) is 13.2 Å². The second-order valence-electron chi connectivity index (χ2n) is 5.80. The van der Waals surface area contributed by atoms with Gasteiger partial charge in [0.2, 0.25) is 15.9 Å². The van der Waals surface area contributed by atoms with Crippen molar-refractivity contribution in [1.29, 1.82) is 0 Å². The summed E-state index contributed by atoms with van der Waals surface area (Å²) in [5, 5.41) is 2.55. The molecule has 0 aliphatic carbocycles. The smallest absolute Gasteiger partial charge is 0.416 e. The number of nitrogens with one attached hydrogen (secondary N) is 2. The minimum absolute atomic E-state index is 0.0292. The molecule has 0 radical (unpaired) electrons. The Morgan fingerprint density at radius 2 is 1.79 bits per heavy atom. The average molecular weight is 451 g/mol. The van der Waals surface area contributed by atoms with Gasteiger partial charge in [-0.3, -0.25) is 4.79 Å². The molecule has 6 nitrogen and oxygen atoms in total. The summed E-state index contributed by atoms with van der Waals surface area (Å²) in [6.45, 7) is -0.140. The normalized spacial score (nSPS) is 11.9. The highest BCUT2D eigenvalue weighted by atomic mass is 35.5. The van der Waals surface area contributed by atoms with Gasteiger partial charge in [-0.2, -0.15) is 13.2 Å². The third kappa shape index (κ3) is 7.22. The van der Waals surface area contributed by atoms with Crippen molar-refractivity contribution in [2.45, 2.75) is 17.5 Å². The van der Waals surface area contributed by atoms with Gasteiger partial charge in [-0.05, 0) is 30.3 Å². The number of ether oxygens (including phenoxy) is 1. The van der Waals surface area contributed by atoms with Crippen molar-refractivity contribution in [2.75, 3.05) is 19.7 Å². The Morgan fingerprint density at radius 3 is 2.48 bits per heavy atom. The van der Waals surface area contributed by atoms with E-state index in [1.165, 1.54) is 30.3 Å². The average Bonchev–Trinajstić information content (AvgIpc) is 2.65. The van der Waals surface area contributed by atoms with Crippen LogP contribution in [0, 0.1) is 0 Å². The number of rotatable bonds is 9. The molecule has 1 amide bonds. The van der Waals surface area contributed by atoms with Crippen LogP contribution in [0.1, 0.15) is 12.0 Å². The summed E-state index contributed by atoms with van der Waals surface area (Å²) in [7, 11) is -3.84. The minimum atomic E-state index is -4.47. The summed E-state index contributed by atoms with van der Waals surface area (Å²) < 4.78 is 69.6. The molecular weight excluding hydrogens is 433 g/mol. The molecule has 2 rings (SSSR count). The minimum Gasteiger partial charge on any atom is -0.492 e. The highest BCUT2D eigenvalue weighted by Crippen LogP contribution is 2.31. The second kappa shape index (κ2) is 9.95. The molecule has 2 N–H and O–H groups in total. The predicted molar refractivity (Wildman–Crippen MR) is 101 cm³/mol. The quantitative estimate of drug-likeness (QED) is 0.574. The highest BCUT2D eigenvalue weighted by Gasteiger charge is 2.30. The molecule has 0 saturated carbocycles. The SMILES string of the molecule is O=C(CCNS(=O)(=O)c1ccccc1Cl)NCCOc1cccc(C(F)(F)F)c1. The lowest BCUT2D eigenvalue weighted by Crippen LogP contribution is -2.32. The number of hydrogen-bond donors (Lipinski definition) is 2. The molecule has 0 fully saturated rings. The van der Waals surface area contributed by atoms with Gasteiger partial charge in [0, 0.05) is 13.0 Å². The van der Waals surface area contributed by atoms with Crippen molar-refractivity contribution in [3.8, 4) is 5.75 Å². The zero-order chi connectivity index (χ0) is 21.5. The molecule has 2 aromatic rings. The van der Waals surface area contributed by atoms with Gasteiger partial charge in [0.15, 0.2) is 0 Å². The first kappa shape index (κ1) is 23.0. The monoisotopic (exact) mass is 450 g/mol. The van der Waals surface area contributed by atoms with Gasteiger partial charge < -0.3 is 10.1 Å². The third-order valence-electron chi connectivity index (χ3n) is 3.62. The molecule has 0 saturated heterocycles. The number of alkyl halides is 3. The largest absolute Gasteiger partial charge is 0.492 e. The van der Waals surface area contributed by atoms with Gasteiger partial charge in [-0.1, -0.05) is 29.8 Å². The molecule has 2 aromatic carbocycles. The molecule has 0 heterocycles. The molecule has 11 heteroatoms. The number of carbonyl (C=O) groups is 1. The maximum atomic E-state index is 12.6. The molecule has 0 unspecified atom stereocenters. The first-order chi connectivity index (χ1) is 13.6. The van der Waals surface area contributed by atoms with Crippen LogP contribution >= 0.6 is 11.6 Å². The fraction of sp³-hybridized carbons (Fsp3) is 0.278. The lowest BCUT2D eigenvalue weighted by molar-refractivity contribution is -0.137. The lowest BCUT2D eigenvalue weighted by Gasteiger charge is -2.11. The maximum Gasteiger partial charge on any atom is 0.416 e. The summed E-state index contributed by atoms with van der Waals surface area (Å²) in [6.07, 6.45) is -4.60. The zero-order valence-electron chi connectivity index (χ0n) is 15.0. The van der Waals surface area contributed by atoms with E-state index >= 15 is 0 Å². The zero-order valence-corrected chi connectivity index (χ0v) is 16.6. The van der Waals surface area contributed by atoms with Crippen LogP contribution in [0.5, 0.6) is 5.75 Å². The molecule has 0 aliphatic rings. The number of benzene rings is 2. The summed E-state index contributed by atoms with van der Waals surface area (Å²) in [5.74, 6) is -0.416. The number of halogens is 4. The summed E-state index contributed by atoms with van der Waals surface area (Å²) in [5.41, 5.74) is -0.829. The number of hydrogen-bond acceptors (Lipinski definition) is 4. The van der Waals surface area contributed by atoms with Crippen LogP contribution in [0.2, 0.25) is 5.02 Å². The molecule has 158 valence electrons. The number of carbonyl (C=O) groups excluding carboxylic acids is 1. The van der Waals surface area contributed by atoms with Gasteiger partial charge in [0.25, 0.3) is 0 Å². The predicted octanol–water partition coefficient (Wildman–Crippen LogP) is 3.22. The summed E-state index contributed by atoms with van der Waals surface area (Å²) in [4.78, 5) is 11.7. The standard InChI is InChI=1S/C18H18ClF3N2O4S/c19-15-6-1-2-7-16(15)29(26,27)24-9-8-17(25)23-10-11-28-14-5-3-4-13(12-14)18(20,21)22/h1-7,12,24H,8-11H2,(H,23,25). The van der Waals surface area contributed by atoms with Crippen LogP contribution in [0.3, 0.4) is 0 Å². The van der Waals surface area contributed by atoms with Crippen molar-refractivity contribution in [2.24, 2.45) is 0 Å². The Kier molecular flexibility index (Phi) is 7.88. The van der Waals surface area contributed by atoms with Crippen molar-refractivity contribution in [3.63, 3.8) is 0 Å². The molecule has 0 atom stereocenters. The van der Waals surface area contributed by atoms with E-state index < -0.39 is 27.7 Å². The van der Waals surface area contributed by atoms with Gasteiger partial charge in [0.1, 0.15) is 17.3 Å². The van der Waals surface area contributed by atoms with Crippen molar-refractivity contribution in [1.82, 2.24) is 10.0 Å². The first-order valence-corrected chi connectivity index (χ1v) is 10.3. The van der Waals surface area contributed by atoms with E-state index in [-0.39, 0.29) is 41.8 Å². The summed E-state index contributed by atoms with van der Waals surface area (Å²) >= 11 is 5.85. The maximum absolute atomic E-state index is 12.6. The van der Waals surface area contributed by atoms with Gasteiger partial charge in [0.05, 0.1) is 17.1 Å². The van der Waals surface area contributed by atoms with E-state index in [9.17, 15) is 26.4 Å². The van der Waals surface area contributed by atoms with Gasteiger partial charge >= 0.3 is 6.18 Å². The van der Waals surface area contributed by atoms with Gasteiger partial charge in [-0.25, -0.2) is 13.1 Å². The van der Waals surface area contributed by atoms with E-state index in [1.54, 1.807) is 6.07 Å². The Morgan fingerprint density at radius 1 is 1.07 bits per heavy atom. The topological polar surface area (TPSA) is 84.5 Å². The third-order valence-corrected chi connectivity index (χ3v) is 5.59. The molecule has 29 heavy (non-hydrogen) atoms. The van der Waals surface area contributed by atoms with Crippen LogP contribution in [-0.2, 0) is 21.0 Å². The van der Waals surface area contributed by atoms with Crippen molar-refractivity contribution in [3.05, 3.63) is 59.1 Å². The van der Waals surface area contributed by atoms with E-state index in [0.717, 1.165) is 12.1 Å². The van der Waals surface area contributed by atoms with Crippen molar-refractivity contribution >= 4 is 27.5 Å². The summed E-state index contributed by atoms with van der Waals surface area (Å²) in [6, 6.07) is 10.3. The molecular formula is C18H18ClF3N2O4S. The second-order valence-corrected chi connectivity index (χ2v) is 7.94. The Hall–Kier alpha value is -2.30. The molecule has 0 aromatic heterocycles. The fourth-order valence-electron chi connectivity index (χ4n) is 2.25. The van der Waals surface area contributed by atoms with Crippen LogP contribution in [-0.4, -0.2) is 34.0 Å². The van der Waals surface area contributed by atoms with Crippen LogP contribution in [0.25, 0.3) is 0 Å². The Bertz CT molecular complexity index is 952. The van der Waals surface area contributed by atoms with Crippen LogP contribution < -0.4 is 14.8 Å². The Balaban J connectivity index is 1.71. The van der Waals surface area contributed by atoms with Crippen molar-refractivity contribution < 1.29 is 31.1 Å². The highest BCUT2D eigenvalue weighted by molar-refractivity contribution is 7.89. The number of sulfonamides is 1. The van der Waals surface area contributed by atoms with E-state index in [1.807, 2.05) is 0 Å². The van der Waals surface area contributed by atoms with E-state index in [4.69, 9.17) is 16.3 Å². The first-order valence-electron chi connectivity index (χ1n) is 8.40. The van der Waals surface area contributed by atoms with E-state index in [2.05, 4.69) is 10.0 Å².